The standard InChI is InChI=1S/C14H21NO2/c1-3-13(10-16)15-14(17)9-8-12-6-4-11(2)5-7-12/h4-7,13,16H,3,8-10H2,1-2H3,(H,15,17). The maximum atomic E-state index is 11.6. The van der Waals surface area contributed by atoms with Crippen LogP contribution >= 0.6 is 0 Å². The Morgan fingerprint density at radius 3 is 2.53 bits per heavy atom. The van der Waals surface area contributed by atoms with E-state index in [1.807, 2.05) is 26.0 Å². The molecule has 0 saturated heterocycles. The highest BCUT2D eigenvalue weighted by atomic mass is 16.3. The molecule has 2 N–H and O–H groups in total. The first-order chi connectivity index (χ1) is 8.15. The van der Waals surface area contributed by atoms with Gasteiger partial charge in [-0.2, -0.15) is 0 Å². The normalized spacial score (nSPS) is 12.2. The lowest BCUT2D eigenvalue weighted by molar-refractivity contribution is -0.122. The monoisotopic (exact) mass is 235 g/mol. The topological polar surface area (TPSA) is 49.3 Å². The van der Waals surface area contributed by atoms with Crippen LogP contribution in [-0.4, -0.2) is 23.7 Å². The van der Waals surface area contributed by atoms with Gasteiger partial charge in [-0.3, -0.25) is 4.79 Å². The third-order valence-electron chi connectivity index (χ3n) is 2.84. The van der Waals surface area contributed by atoms with Crippen LogP contribution in [0, 0.1) is 6.92 Å². The van der Waals surface area contributed by atoms with Crippen LogP contribution in [0.15, 0.2) is 24.3 Å². The Hall–Kier alpha value is -1.35. The van der Waals surface area contributed by atoms with E-state index in [4.69, 9.17) is 5.11 Å². The van der Waals surface area contributed by atoms with Gasteiger partial charge in [-0.25, -0.2) is 0 Å². The largest absolute Gasteiger partial charge is 0.394 e. The van der Waals surface area contributed by atoms with Crippen molar-refractivity contribution >= 4 is 5.91 Å². The number of nitrogens with one attached hydrogen (secondary N) is 1. The first-order valence-corrected chi connectivity index (χ1v) is 6.11. The van der Waals surface area contributed by atoms with Gasteiger partial charge in [0.05, 0.1) is 12.6 Å². The van der Waals surface area contributed by atoms with Gasteiger partial charge < -0.3 is 10.4 Å². The zero-order valence-electron chi connectivity index (χ0n) is 10.6. The van der Waals surface area contributed by atoms with Crippen LogP contribution in [0.4, 0.5) is 0 Å². The lowest BCUT2D eigenvalue weighted by atomic mass is 10.1. The molecule has 0 aliphatic heterocycles. The molecular weight excluding hydrogens is 214 g/mol. The fraction of sp³-hybridized carbons (Fsp3) is 0.500. The number of aliphatic hydroxyl groups is 1. The number of benzene rings is 1. The van der Waals surface area contributed by atoms with Crippen molar-refractivity contribution in [3.05, 3.63) is 35.4 Å². The van der Waals surface area contributed by atoms with E-state index in [1.165, 1.54) is 11.1 Å². The first kappa shape index (κ1) is 13.7. The summed E-state index contributed by atoms with van der Waals surface area (Å²) in [6.45, 7) is 4.00. The molecule has 3 nitrogen and oxygen atoms in total. The molecule has 17 heavy (non-hydrogen) atoms. The van der Waals surface area contributed by atoms with Crippen LogP contribution in [0.25, 0.3) is 0 Å². The van der Waals surface area contributed by atoms with E-state index >= 15 is 0 Å². The summed E-state index contributed by atoms with van der Waals surface area (Å²) in [5, 5.41) is 11.8. The highest BCUT2D eigenvalue weighted by Gasteiger charge is 2.08. The number of carbonyl (C=O) groups is 1. The minimum Gasteiger partial charge on any atom is -0.394 e. The van der Waals surface area contributed by atoms with Crippen molar-refractivity contribution in [1.82, 2.24) is 5.32 Å². The summed E-state index contributed by atoms with van der Waals surface area (Å²) in [5.74, 6) is 0.00600. The Balaban J connectivity index is 2.35. The van der Waals surface area contributed by atoms with Crippen molar-refractivity contribution in [2.75, 3.05) is 6.61 Å². The maximum absolute atomic E-state index is 11.6. The molecule has 0 heterocycles. The third kappa shape index (κ3) is 5.00. The van der Waals surface area contributed by atoms with E-state index in [-0.39, 0.29) is 18.6 Å². The molecule has 1 amide bonds. The second-order valence-electron chi connectivity index (χ2n) is 4.34. The number of aryl methyl sites for hydroxylation is 2. The molecular formula is C14H21NO2. The number of amides is 1. The van der Waals surface area contributed by atoms with E-state index in [2.05, 4.69) is 17.4 Å². The molecule has 0 bridgehead atoms. The third-order valence-corrected chi connectivity index (χ3v) is 2.84. The van der Waals surface area contributed by atoms with E-state index in [9.17, 15) is 4.79 Å². The number of carbonyl (C=O) groups excluding carboxylic acids is 1. The van der Waals surface area contributed by atoms with Crippen molar-refractivity contribution in [3.8, 4) is 0 Å². The quantitative estimate of drug-likeness (QED) is 0.790. The molecule has 1 aromatic carbocycles. The highest BCUT2D eigenvalue weighted by Crippen LogP contribution is 2.05. The summed E-state index contributed by atoms with van der Waals surface area (Å²) in [4.78, 5) is 11.6. The molecule has 0 fully saturated rings. The first-order valence-electron chi connectivity index (χ1n) is 6.11. The smallest absolute Gasteiger partial charge is 0.220 e. The predicted molar refractivity (Wildman–Crippen MR) is 68.8 cm³/mol. The molecule has 1 atom stereocenters. The molecule has 0 radical (unpaired) electrons. The van der Waals surface area contributed by atoms with Crippen LogP contribution in [0.5, 0.6) is 0 Å². The zero-order chi connectivity index (χ0) is 12.7. The number of hydrogen-bond acceptors (Lipinski definition) is 2. The molecule has 3 heteroatoms. The Kier molecular flexibility index (Phi) is 5.70. The molecule has 0 aliphatic rings. The van der Waals surface area contributed by atoms with Gasteiger partial charge in [0.1, 0.15) is 0 Å². The summed E-state index contributed by atoms with van der Waals surface area (Å²) in [5.41, 5.74) is 2.40. The van der Waals surface area contributed by atoms with E-state index in [1.54, 1.807) is 0 Å². The second-order valence-corrected chi connectivity index (χ2v) is 4.34. The van der Waals surface area contributed by atoms with Crippen LogP contribution in [0.3, 0.4) is 0 Å². The number of rotatable bonds is 6. The Morgan fingerprint density at radius 2 is 2.00 bits per heavy atom. The minimum absolute atomic E-state index is 0.00600. The fourth-order valence-electron chi connectivity index (χ4n) is 1.59. The molecule has 1 rings (SSSR count). The zero-order valence-corrected chi connectivity index (χ0v) is 10.6. The van der Waals surface area contributed by atoms with E-state index in [0.717, 1.165) is 12.8 Å². The number of aliphatic hydroxyl groups excluding tert-OH is 1. The Morgan fingerprint density at radius 1 is 1.35 bits per heavy atom. The lowest BCUT2D eigenvalue weighted by Gasteiger charge is -2.13. The maximum Gasteiger partial charge on any atom is 0.220 e. The van der Waals surface area contributed by atoms with Gasteiger partial charge in [-0.15, -0.1) is 0 Å². The van der Waals surface area contributed by atoms with Gasteiger partial charge in [0.25, 0.3) is 0 Å². The molecule has 0 saturated carbocycles. The van der Waals surface area contributed by atoms with Gasteiger partial charge in [0.2, 0.25) is 5.91 Å². The molecule has 94 valence electrons. The van der Waals surface area contributed by atoms with Crippen LogP contribution < -0.4 is 5.32 Å². The lowest BCUT2D eigenvalue weighted by Crippen LogP contribution is -2.36. The summed E-state index contributed by atoms with van der Waals surface area (Å²) in [6.07, 6.45) is 1.97. The van der Waals surface area contributed by atoms with Gasteiger partial charge in [-0.05, 0) is 25.3 Å². The van der Waals surface area contributed by atoms with E-state index < -0.39 is 0 Å². The Bertz CT molecular complexity index is 342. The van der Waals surface area contributed by atoms with Gasteiger partial charge in [-0.1, -0.05) is 36.8 Å². The van der Waals surface area contributed by atoms with Gasteiger partial charge >= 0.3 is 0 Å². The van der Waals surface area contributed by atoms with Crippen LogP contribution in [-0.2, 0) is 11.2 Å². The molecule has 0 aromatic heterocycles. The van der Waals surface area contributed by atoms with E-state index in [0.29, 0.717) is 6.42 Å². The minimum atomic E-state index is -0.111. The van der Waals surface area contributed by atoms with Gasteiger partial charge in [0.15, 0.2) is 0 Å². The van der Waals surface area contributed by atoms with Crippen molar-refractivity contribution in [3.63, 3.8) is 0 Å². The molecule has 1 aromatic rings. The average molecular weight is 235 g/mol. The summed E-state index contributed by atoms with van der Waals surface area (Å²) in [6, 6.07) is 8.09. The highest BCUT2D eigenvalue weighted by molar-refractivity contribution is 5.76. The van der Waals surface area contributed by atoms with Crippen molar-refractivity contribution in [2.45, 2.75) is 39.2 Å². The summed E-state index contributed by atoms with van der Waals surface area (Å²) >= 11 is 0. The Labute approximate surface area is 103 Å². The molecule has 0 aliphatic carbocycles. The predicted octanol–water partition coefficient (Wildman–Crippen LogP) is 1.81. The van der Waals surface area contributed by atoms with Crippen LogP contribution in [0.2, 0.25) is 0 Å². The van der Waals surface area contributed by atoms with Crippen molar-refractivity contribution in [1.29, 1.82) is 0 Å². The average Bonchev–Trinajstić information content (AvgIpc) is 2.35. The molecule has 1 unspecified atom stereocenters. The molecule has 0 spiro atoms. The van der Waals surface area contributed by atoms with Crippen molar-refractivity contribution in [2.24, 2.45) is 0 Å². The fourth-order valence-corrected chi connectivity index (χ4v) is 1.59. The second kappa shape index (κ2) is 7.07. The SMILES string of the molecule is CCC(CO)NC(=O)CCc1ccc(C)cc1. The van der Waals surface area contributed by atoms with Crippen molar-refractivity contribution < 1.29 is 9.90 Å². The van der Waals surface area contributed by atoms with Gasteiger partial charge in [0, 0.05) is 6.42 Å². The number of hydrogen-bond donors (Lipinski definition) is 2. The van der Waals surface area contributed by atoms with Crippen LogP contribution in [0.1, 0.15) is 30.9 Å². The summed E-state index contributed by atoms with van der Waals surface area (Å²) < 4.78 is 0. The summed E-state index contributed by atoms with van der Waals surface area (Å²) in [7, 11) is 0.